The molecule has 0 aliphatic carbocycles. The standard InChI is InChI=1S/C27H35N3O5S/c1-18(23(31)29-22(25(32)34-5)17-20-14-10-7-11-15-20)28-24(36)21(16-19-12-8-6-9-13-19)30-26(33)35-27(2,3)4/h6-15,18,21-22H,16-17H2,1-5H3,(H,28,36)(H,29,31)(H,30,33)/t18-,21-,22-/m0/s1. The van der Waals surface area contributed by atoms with E-state index in [1.807, 2.05) is 60.7 Å². The molecule has 3 N–H and O–H groups in total. The van der Waals surface area contributed by atoms with Crippen molar-refractivity contribution in [2.45, 2.75) is 64.3 Å². The summed E-state index contributed by atoms with van der Waals surface area (Å²) in [6.45, 7) is 6.95. The Bertz CT molecular complexity index is 1020. The molecule has 3 atom stereocenters. The van der Waals surface area contributed by atoms with Gasteiger partial charge in [0.05, 0.1) is 18.1 Å². The number of carbonyl (C=O) groups is 3. The molecule has 0 aliphatic heterocycles. The summed E-state index contributed by atoms with van der Waals surface area (Å²) >= 11 is 5.57. The highest BCUT2D eigenvalue weighted by atomic mass is 32.1. The van der Waals surface area contributed by atoms with Crippen molar-refractivity contribution in [3.8, 4) is 0 Å². The highest BCUT2D eigenvalue weighted by Gasteiger charge is 2.27. The molecule has 0 aliphatic rings. The summed E-state index contributed by atoms with van der Waals surface area (Å²) in [5, 5.41) is 8.52. The summed E-state index contributed by atoms with van der Waals surface area (Å²) in [5.74, 6) is -0.977. The zero-order valence-electron chi connectivity index (χ0n) is 21.4. The third-order valence-corrected chi connectivity index (χ3v) is 5.53. The van der Waals surface area contributed by atoms with E-state index in [4.69, 9.17) is 21.7 Å². The summed E-state index contributed by atoms with van der Waals surface area (Å²) in [6.07, 6.45) is 0.0741. The molecule has 9 heteroatoms. The fourth-order valence-electron chi connectivity index (χ4n) is 3.37. The van der Waals surface area contributed by atoms with Crippen LogP contribution >= 0.6 is 12.2 Å². The second kappa shape index (κ2) is 13.6. The zero-order valence-corrected chi connectivity index (χ0v) is 22.2. The van der Waals surface area contributed by atoms with Gasteiger partial charge in [0, 0.05) is 6.42 Å². The third-order valence-electron chi connectivity index (χ3n) is 5.13. The van der Waals surface area contributed by atoms with Crippen LogP contribution < -0.4 is 16.0 Å². The van der Waals surface area contributed by atoms with Crippen molar-refractivity contribution in [3.05, 3.63) is 71.8 Å². The van der Waals surface area contributed by atoms with Gasteiger partial charge in [-0.3, -0.25) is 4.79 Å². The maximum Gasteiger partial charge on any atom is 0.408 e. The number of hydrogen-bond acceptors (Lipinski definition) is 6. The summed E-state index contributed by atoms with van der Waals surface area (Å²) in [6, 6.07) is 16.6. The van der Waals surface area contributed by atoms with E-state index in [1.165, 1.54) is 7.11 Å². The quantitative estimate of drug-likeness (QED) is 0.331. The fraction of sp³-hybridized carbons (Fsp3) is 0.407. The molecular weight excluding hydrogens is 478 g/mol. The van der Waals surface area contributed by atoms with Gasteiger partial charge in [0.15, 0.2) is 0 Å². The molecule has 0 heterocycles. The van der Waals surface area contributed by atoms with Crippen LogP contribution in [0.4, 0.5) is 4.79 Å². The van der Waals surface area contributed by atoms with Crippen LogP contribution in [-0.4, -0.2) is 53.8 Å². The number of benzene rings is 2. The first-order valence-electron chi connectivity index (χ1n) is 11.7. The molecule has 2 aromatic rings. The van der Waals surface area contributed by atoms with Crippen LogP contribution in [0.25, 0.3) is 0 Å². The number of thiocarbonyl (C=S) groups is 1. The maximum atomic E-state index is 12.9. The van der Waals surface area contributed by atoms with Crippen molar-refractivity contribution < 1.29 is 23.9 Å². The summed E-state index contributed by atoms with van der Waals surface area (Å²) < 4.78 is 10.3. The lowest BCUT2D eigenvalue weighted by atomic mass is 10.0. The number of methoxy groups -OCH3 is 1. The Labute approximate surface area is 218 Å². The lowest BCUT2D eigenvalue weighted by Crippen LogP contribution is -2.55. The Kier molecular flexibility index (Phi) is 10.9. The van der Waals surface area contributed by atoms with Crippen molar-refractivity contribution >= 4 is 35.2 Å². The number of carbonyl (C=O) groups excluding carboxylic acids is 3. The van der Waals surface area contributed by atoms with Crippen molar-refractivity contribution in [3.63, 3.8) is 0 Å². The molecule has 36 heavy (non-hydrogen) atoms. The summed E-state index contributed by atoms with van der Waals surface area (Å²) in [5.41, 5.74) is 1.16. The topological polar surface area (TPSA) is 106 Å². The summed E-state index contributed by atoms with van der Waals surface area (Å²) in [7, 11) is 1.28. The lowest BCUT2D eigenvalue weighted by Gasteiger charge is -2.26. The van der Waals surface area contributed by atoms with Crippen molar-refractivity contribution in [2.24, 2.45) is 0 Å². The number of amides is 2. The van der Waals surface area contributed by atoms with Crippen molar-refractivity contribution in [1.29, 1.82) is 0 Å². The second-order valence-electron chi connectivity index (χ2n) is 9.39. The predicted octanol–water partition coefficient (Wildman–Crippen LogP) is 3.33. The van der Waals surface area contributed by atoms with Crippen molar-refractivity contribution in [1.82, 2.24) is 16.0 Å². The molecule has 8 nitrogen and oxygen atoms in total. The minimum atomic E-state index is -0.859. The van der Waals surface area contributed by atoms with Crippen molar-refractivity contribution in [2.75, 3.05) is 7.11 Å². The first-order valence-corrected chi connectivity index (χ1v) is 12.1. The highest BCUT2D eigenvalue weighted by Crippen LogP contribution is 2.10. The van der Waals surface area contributed by atoms with E-state index >= 15 is 0 Å². The first-order chi connectivity index (χ1) is 17.0. The smallest absolute Gasteiger partial charge is 0.408 e. The second-order valence-corrected chi connectivity index (χ2v) is 9.83. The molecule has 2 amide bonds. The SMILES string of the molecule is COC(=O)[C@H](Cc1ccccc1)NC(=O)[C@H](C)NC(=S)[C@H](Cc1ccccc1)NC(=O)OC(C)(C)C. The Morgan fingerprint density at radius 3 is 1.81 bits per heavy atom. The van der Waals surface area contributed by atoms with Gasteiger partial charge in [-0.1, -0.05) is 72.9 Å². The minimum Gasteiger partial charge on any atom is -0.467 e. The van der Waals surface area contributed by atoms with Gasteiger partial charge in [-0.15, -0.1) is 0 Å². The van der Waals surface area contributed by atoms with Crippen LogP contribution in [0.15, 0.2) is 60.7 Å². The molecule has 0 unspecified atom stereocenters. The van der Waals surface area contributed by atoms with Gasteiger partial charge in [0.1, 0.15) is 17.7 Å². The molecule has 0 radical (unpaired) electrons. The van der Waals surface area contributed by atoms with Gasteiger partial charge in [-0.05, 0) is 45.2 Å². The molecule has 194 valence electrons. The third kappa shape index (κ3) is 10.0. The molecule has 2 rings (SSSR count). The average molecular weight is 514 g/mol. The Morgan fingerprint density at radius 2 is 1.33 bits per heavy atom. The number of alkyl carbamates (subject to hydrolysis) is 1. The summed E-state index contributed by atoms with van der Waals surface area (Å²) in [4.78, 5) is 38.0. The van der Waals surface area contributed by atoms with E-state index in [9.17, 15) is 14.4 Å². The Balaban J connectivity index is 2.08. The van der Waals surface area contributed by atoms with E-state index in [2.05, 4.69) is 16.0 Å². The number of nitrogens with one attached hydrogen (secondary N) is 3. The van der Waals surface area contributed by atoms with Crippen LogP contribution in [0.2, 0.25) is 0 Å². The molecule has 2 aromatic carbocycles. The number of rotatable bonds is 10. The van der Waals surface area contributed by atoms with Gasteiger partial charge in [-0.2, -0.15) is 0 Å². The number of ether oxygens (including phenoxy) is 2. The van der Waals surface area contributed by atoms with Gasteiger partial charge >= 0.3 is 12.1 Å². The van der Waals surface area contributed by atoms with Crippen LogP contribution in [0.1, 0.15) is 38.8 Å². The van der Waals surface area contributed by atoms with Gasteiger partial charge < -0.3 is 25.4 Å². The average Bonchev–Trinajstić information content (AvgIpc) is 2.82. The predicted molar refractivity (Wildman–Crippen MR) is 143 cm³/mol. The van der Waals surface area contributed by atoms with E-state index < -0.39 is 41.7 Å². The minimum absolute atomic E-state index is 0.269. The first kappa shape index (κ1) is 28.8. The van der Waals surface area contributed by atoms with E-state index in [0.29, 0.717) is 6.42 Å². The molecular formula is C27H35N3O5S. The zero-order chi connectivity index (χ0) is 26.7. The molecule has 0 aromatic heterocycles. The van der Waals surface area contributed by atoms with Crippen LogP contribution in [0, 0.1) is 0 Å². The molecule has 0 bridgehead atoms. The number of esters is 1. The maximum absolute atomic E-state index is 12.9. The van der Waals surface area contributed by atoms with Crippen LogP contribution in [-0.2, 0) is 31.9 Å². The van der Waals surface area contributed by atoms with Gasteiger partial charge in [0.25, 0.3) is 0 Å². The van der Waals surface area contributed by atoms with Crippen LogP contribution in [0.5, 0.6) is 0 Å². The molecule has 0 saturated carbocycles. The molecule has 0 fully saturated rings. The van der Waals surface area contributed by atoms with E-state index in [0.717, 1.165) is 11.1 Å². The largest absolute Gasteiger partial charge is 0.467 e. The van der Waals surface area contributed by atoms with E-state index in [1.54, 1.807) is 27.7 Å². The van der Waals surface area contributed by atoms with Crippen LogP contribution in [0.3, 0.4) is 0 Å². The monoisotopic (exact) mass is 513 g/mol. The lowest BCUT2D eigenvalue weighted by molar-refractivity contribution is -0.145. The molecule has 0 saturated heterocycles. The highest BCUT2D eigenvalue weighted by molar-refractivity contribution is 7.80. The normalized spacial score (nSPS) is 13.5. The van der Waals surface area contributed by atoms with Gasteiger partial charge in [0.2, 0.25) is 5.91 Å². The van der Waals surface area contributed by atoms with E-state index in [-0.39, 0.29) is 11.4 Å². The Morgan fingerprint density at radius 1 is 0.833 bits per heavy atom. The van der Waals surface area contributed by atoms with Gasteiger partial charge in [-0.25, -0.2) is 9.59 Å². The molecule has 0 spiro atoms. The Hall–Kier alpha value is -3.46. The fourth-order valence-corrected chi connectivity index (χ4v) is 3.69. The number of hydrogen-bond donors (Lipinski definition) is 3.